The third kappa shape index (κ3) is 4.06. The van der Waals surface area contributed by atoms with Gasteiger partial charge in [-0.15, -0.1) is 0 Å². The zero-order valence-electron chi connectivity index (χ0n) is 14.8. The Kier molecular flexibility index (Phi) is 4.83. The van der Waals surface area contributed by atoms with E-state index in [1.165, 1.54) is 11.2 Å². The average molecular weight is 379 g/mol. The number of aromatic nitrogens is 4. The summed E-state index contributed by atoms with van der Waals surface area (Å²) in [6.45, 7) is 0.710. The number of amides is 2. The van der Waals surface area contributed by atoms with E-state index in [9.17, 15) is 9.59 Å². The van der Waals surface area contributed by atoms with Gasteiger partial charge in [0.25, 0.3) is 0 Å². The summed E-state index contributed by atoms with van der Waals surface area (Å²) in [5.74, 6) is 0.982. The molecule has 10 nitrogen and oxygen atoms in total. The molecule has 2 aromatic heterocycles. The second kappa shape index (κ2) is 7.74. The van der Waals surface area contributed by atoms with Crippen molar-refractivity contribution in [3.05, 3.63) is 55.1 Å². The van der Waals surface area contributed by atoms with Gasteiger partial charge in [0.2, 0.25) is 5.91 Å². The molecule has 0 spiro atoms. The standard InChI is InChI=1S/C18H17N7O3/c26-17(11-24-8-9-28-18(24)27)23-14-4-2-13(3-5-14)22-15-10-16(20-12-19-15)25-7-1-6-21-25/h1-7,10,12H,8-9,11H2,(H,23,26)(H,19,20,22). The summed E-state index contributed by atoms with van der Waals surface area (Å²) >= 11 is 0. The molecule has 1 aliphatic heterocycles. The van der Waals surface area contributed by atoms with E-state index in [0.29, 0.717) is 30.5 Å². The first-order chi connectivity index (χ1) is 13.7. The van der Waals surface area contributed by atoms with Crippen LogP contribution >= 0.6 is 0 Å². The third-order valence-corrected chi connectivity index (χ3v) is 4.01. The van der Waals surface area contributed by atoms with Gasteiger partial charge in [0, 0.05) is 29.8 Å². The number of benzene rings is 1. The van der Waals surface area contributed by atoms with Crippen molar-refractivity contribution >= 4 is 29.2 Å². The Morgan fingerprint density at radius 1 is 1.18 bits per heavy atom. The van der Waals surface area contributed by atoms with E-state index in [2.05, 4.69) is 25.7 Å². The van der Waals surface area contributed by atoms with Gasteiger partial charge in [0.15, 0.2) is 5.82 Å². The van der Waals surface area contributed by atoms with Crippen LogP contribution in [0.25, 0.3) is 5.82 Å². The quantitative estimate of drug-likeness (QED) is 0.671. The molecule has 1 aliphatic rings. The highest BCUT2D eigenvalue weighted by molar-refractivity contribution is 5.94. The number of cyclic esters (lactones) is 1. The van der Waals surface area contributed by atoms with Gasteiger partial charge in [0.05, 0.1) is 6.54 Å². The second-order valence-corrected chi connectivity index (χ2v) is 6.00. The minimum atomic E-state index is -0.464. The van der Waals surface area contributed by atoms with Gasteiger partial charge in [-0.2, -0.15) is 5.10 Å². The highest BCUT2D eigenvalue weighted by atomic mass is 16.6. The Hall–Kier alpha value is -3.95. The van der Waals surface area contributed by atoms with Crippen LogP contribution in [0.15, 0.2) is 55.1 Å². The highest BCUT2D eigenvalue weighted by Crippen LogP contribution is 2.18. The number of hydrogen-bond acceptors (Lipinski definition) is 7. The van der Waals surface area contributed by atoms with Crippen LogP contribution in [0.4, 0.5) is 22.0 Å². The summed E-state index contributed by atoms with van der Waals surface area (Å²) < 4.78 is 6.44. The molecule has 0 saturated carbocycles. The maximum atomic E-state index is 12.0. The van der Waals surface area contributed by atoms with E-state index in [1.54, 1.807) is 35.3 Å². The molecule has 1 saturated heterocycles. The Morgan fingerprint density at radius 3 is 2.71 bits per heavy atom. The molecular formula is C18H17N7O3. The fourth-order valence-corrected chi connectivity index (χ4v) is 2.67. The van der Waals surface area contributed by atoms with Crippen LogP contribution in [0, 0.1) is 0 Å². The highest BCUT2D eigenvalue weighted by Gasteiger charge is 2.23. The van der Waals surface area contributed by atoms with Gasteiger partial charge < -0.3 is 15.4 Å². The first-order valence-corrected chi connectivity index (χ1v) is 8.58. The van der Waals surface area contributed by atoms with Crippen LogP contribution in [-0.4, -0.2) is 56.3 Å². The molecule has 0 aliphatic carbocycles. The van der Waals surface area contributed by atoms with Gasteiger partial charge in [-0.25, -0.2) is 19.4 Å². The van der Waals surface area contributed by atoms with E-state index >= 15 is 0 Å². The van der Waals surface area contributed by atoms with Crippen LogP contribution in [-0.2, 0) is 9.53 Å². The lowest BCUT2D eigenvalue weighted by atomic mass is 10.2. The molecule has 1 fully saturated rings. The molecule has 0 radical (unpaired) electrons. The van der Waals surface area contributed by atoms with E-state index in [-0.39, 0.29) is 12.5 Å². The van der Waals surface area contributed by atoms with Crippen LogP contribution in [0.5, 0.6) is 0 Å². The number of rotatable bonds is 6. The van der Waals surface area contributed by atoms with Crippen molar-refractivity contribution < 1.29 is 14.3 Å². The predicted molar refractivity (Wildman–Crippen MR) is 100 cm³/mol. The molecule has 0 bridgehead atoms. The second-order valence-electron chi connectivity index (χ2n) is 6.00. The Labute approximate surface area is 160 Å². The Morgan fingerprint density at radius 2 is 2.00 bits per heavy atom. The van der Waals surface area contributed by atoms with E-state index in [4.69, 9.17) is 4.74 Å². The Bertz CT molecular complexity index is 973. The first kappa shape index (κ1) is 17.5. The molecule has 2 amide bonds. The molecule has 0 atom stereocenters. The van der Waals surface area contributed by atoms with Crippen molar-refractivity contribution in [1.29, 1.82) is 0 Å². The molecular weight excluding hydrogens is 362 g/mol. The zero-order chi connectivity index (χ0) is 19.3. The largest absolute Gasteiger partial charge is 0.448 e. The summed E-state index contributed by atoms with van der Waals surface area (Å²) in [7, 11) is 0. The number of nitrogens with zero attached hydrogens (tertiary/aromatic N) is 5. The minimum absolute atomic E-state index is 0.0318. The maximum absolute atomic E-state index is 12.0. The van der Waals surface area contributed by atoms with Crippen LogP contribution in [0.3, 0.4) is 0 Å². The number of nitrogens with one attached hydrogen (secondary N) is 2. The number of carbonyl (C=O) groups excluding carboxylic acids is 2. The molecule has 3 heterocycles. The molecule has 0 unspecified atom stereocenters. The van der Waals surface area contributed by atoms with Gasteiger partial charge >= 0.3 is 6.09 Å². The van der Waals surface area contributed by atoms with E-state index in [0.717, 1.165) is 5.69 Å². The molecule has 142 valence electrons. The SMILES string of the molecule is O=C(CN1CCOC1=O)Nc1ccc(Nc2cc(-n3cccn3)ncn2)cc1. The van der Waals surface area contributed by atoms with Gasteiger partial charge in [-0.3, -0.25) is 9.69 Å². The summed E-state index contributed by atoms with van der Waals surface area (Å²) in [5.41, 5.74) is 1.43. The van der Waals surface area contributed by atoms with Crippen molar-refractivity contribution in [2.75, 3.05) is 30.3 Å². The zero-order valence-corrected chi connectivity index (χ0v) is 14.8. The van der Waals surface area contributed by atoms with E-state index in [1.807, 2.05) is 18.2 Å². The fraction of sp³-hybridized carbons (Fsp3) is 0.167. The molecule has 28 heavy (non-hydrogen) atoms. The van der Waals surface area contributed by atoms with Gasteiger partial charge in [-0.1, -0.05) is 0 Å². The summed E-state index contributed by atoms with van der Waals surface area (Å²) in [4.78, 5) is 33.2. The number of ether oxygens (including phenoxy) is 1. The lowest BCUT2D eigenvalue weighted by Gasteiger charge is -2.13. The number of carbonyl (C=O) groups is 2. The van der Waals surface area contributed by atoms with Gasteiger partial charge in [0.1, 0.15) is 25.3 Å². The van der Waals surface area contributed by atoms with Crippen molar-refractivity contribution in [2.45, 2.75) is 0 Å². The monoisotopic (exact) mass is 379 g/mol. The summed E-state index contributed by atoms with van der Waals surface area (Å²) in [6, 6.07) is 10.7. The molecule has 1 aromatic carbocycles. The normalized spacial score (nSPS) is 13.3. The molecule has 4 rings (SSSR count). The van der Waals surface area contributed by atoms with Crippen molar-refractivity contribution in [3.8, 4) is 5.82 Å². The maximum Gasteiger partial charge on any atom is 0.410 e. The van der Waals surface area contributed by atoms with Crippen LogP contribution < -0.4 is 10.6 Å². The van der Waals surface area contributed by atoms with Crippen molar-refractivity contribution in [1.82, 2.24) is 24.6 Å². The smallest absolute Gasteiger partial charge is 0.410 e. The predicted octanol–water partition coefficient (Wildman–Crippen LogP) is 1.80. The lowest BCUT2D eigenvalue weighted by molar-refractivity contribution is -0.116. The average Bonchev–Trinajstić information content (AvgIpc) is 3.36. The summed E-state index contributed by atoms with van der Waals surface area (Å²) in [6.07, 6.45) is 4.46. The number of anilines is 3. The minimum Gasteiger partial charge on any atom is -0.448 e. The van der Waals surface area contributed by atoms with Crippen LogP contribution in [0.1, 0.15) is 0 Å². The molecule has 10 heteroatoms. The number of hydrogen-bond donors (Lipinski definition) is 2. The molecule has 2 N–H and O–H groups in total. The third-order valence-electron chi connectivity index (χ3n) is 4.01. The van der Waals surface area contributed by atoms with E-state index < -0.39 is 6.09 Å². The molecule has 3 aromatic rings. The van der Waals surface area contributed by atoms with Crippen LogP contribution in [0.2, 0.25) is 0 Å². The topological polar surface area (TPSA) is 114 Å². The lowest BCUT2D eigenvalue weighted by Crippen LogP contribution is -2.33. The van der Waals surface area contributed by atoms with Crippen molar-refractivity contribution in [2.24, 2.45) is 0 Å². The first-order valence-electron chi connectivity index (χ1n) is 8.58. The summed E-state index contributed by atoms with van der Waals surface area (Å²) in [5, 5.41) is 10.1. The Balaban J connectivity index is 1.36. The fourth-order valence-electron chi connectivity index (χ4n) is 2.67. The van der Waals surface area contributed by atoms with Crippen molar-refractivity contribution in [3.63, 3.8) is 0 Å². The van der Waals surface area contributed by atoms with Gasteiger partial charge in [-0.05, 0) is 30.3 Å².